The zero-order valence-corrected chi connectivity index (χ0v) is 27.4. The molecule has 4 heterocycles. The van der Waals surface area contributed by atoms with Crippen LogP contribution in [0.4, 0.5) is 4.39 Å². The lowest BCUT2D eigenvalue weighted by molar-refractivity contribution is 0.216. The van der Waals surface area contributed by atoms with Gasteiger partial charge < -0.3 is 39.7 Å². The van der Waals surface area contributed by atoms with Crippen LogP contribution in [0.25, 0.3) is 55.8 Å². The number of aromatic nitrogens is 5. The fourth-order valence-corrected chi connectivity index (χ4v) is 6.57. The van der Waals surface area contributed by atoms with Crippen molar-refractivity contribution in [2.45, 2.75) is 45.5 Å². The van der Waals surface area contributed by atoms with Gasteiger partial charge in [0, 0.05) is 28.1 Å². The smallest absolute Gasteiger partial charge is 0.156 e. The van der Waals surface area contributed by atoms with Gasteiger partial charge >= 0.3 is 0 Å². The Morgan fingerprint density at radius 2 is 1.67 bits per heavy atom. The Labute approximate surface area is 278 Å². The maximum atomic E-state index is 16.8. The molecule has 248 valence electrons. The summed E-state index contributed by atoms with van der Waals surface area (Å²) >= 11 is 0. The Morgan fingerprint density at radius 1 is 0.917 bits per heavy atom. The van der Waals surface area contributed by atoms with E-state index in [1.807, 2.05) is 54.7 Å². The molecule has 3 aromatic carbocycles. The molecule has 1 fully saturated rings. The lowest BCUT2D eigenvalue weighted by atomic mass is 9.94. The molecule has 10 nitrogen and oxygen atoms in total. The number of aromatic amines is 2. The Hall–Kier alpha value is -4.97. The summed E-state index contributed by atoms with van der Waals surface area (Å²) in [6.07, 6.45) is 6.79. The number of hydrogen-bond donors (Lipinski definition) is 5. The van der Waals surface area contributed by atoms with Gasteiger partial charge in [0.2, 0.25) is 0 Å². The molecule has 3 aromatic heterocycles. The van der Waals surface area contributed by atoms with E-state index in [2.05, 4.69) is 37.5 Å². The van der Waals surface area contributed by atoms with Crippen molar-refractivity contribution in [3.05, 3.63) is 84.5 Å². The van der Waals surface area contributed by atoms with E-state index < -0.39 is 12.5 Å². The molecule has 1 unspecified atom stereocenters. The second kappa shape index (κ2) is 13.6. The number of H-pyrrole nitrogens is 2. The maximum Gasteiger partial charge on any atom is 0.156 e. The zero-order valence-electron chi connectivity index (χ0n) is 27.4. The van der Waals surface area contributed by atoms with E-state index in [0.717, 1.165) is 77.6 Å². The number of aliphatic hydroxyl groups is 1. The van der Waals surface area contributed by atoms with Gasteiger partial charge in [-0.25, -0.2) is 14.4 Å². The first-order chi connectivity index (χ1) is 23.5. The van der Waals surface area contributed by atoms with Crippen molar-refractivity contribution in [1.82, 2.24) is 35.1 Å². The second-order valence-electron chi connectivity index (χ2n) is 12.1. The first kappa shape index (κ1) is 31.6. The van der Waals surface area contributed by atoms with Gasteiger partial charge in [-0.2, -0.15) is 0 Å². The minimum Gasteiger partial charge on any atom is -0.497 e. The number of nitrogens with zero attached hydrogens (tertiary/aromatic N) is 3. The van der Waals surface area contributed by atoms with Crippen molar-refractivity contribution in [1.29, 1.82) is 0 Å². The zero-order chi connectivity index (χ0) is 33.2. The number of fused-ring (bicyclic) bond motifs is 1. The quantitative estimate of drug-likeness (QED) is 0.0926. The van der Waals surface area contributed by atoms with Crippen LogP contribution in [0.1, 0.15) is 43.9 Å². The molecule has 0 bridgehead atoms. The largest absolute Gasteiger partial charge is 0.497 e. The molecular formula is C37H40FN7O3. The van der Waals surface area contributed by atoms with Crippen molar-refractivity contribution < 1.29 is 19.0 Å². The number of ether oxygens (including phenoxy) is 2. The molecule has 1 saturated heterocycles. The van der Waals surface area contributed by atoms with Crippen LogP contribution in [0.3, 0.4) is 0 Å². The van der Waals surface area contributed by atoms with E-state index in [1.54, 1.807) is 31.0 Å². The van der Waals surface area contributed by atoms with Crippen LogP contribution >= 0.6 is 0 Å². The van der Waals surface area contributed by atoms with E-state index in [1.165, 1.54) is 0 Å². The van der Waals surface area contributed by atoms with Crippen LogP contribution in [0.5, 0.6) is 11.5 Å². The molecule has 5 N–H and O–H groups in total. The molecule has 0 radical (unpaired) electrons. The third kappa shape index (κ3) is 5.96. The minimum atomic E-state index is -0.426. The van der Waals surface area contributed by atoms with Crippen molar-refractivity contribution in [2.75, 3.05) is 27.3 Å². The summed E-state index contributed by atoms with van der Waals surface area (Å²) in [5.74, 6) is 2.50. The van der Waals surface area contributed by atoms with Crippen LogP contribution in [0.2, 0.25) is 0 Å². The van der Waals surface area contributed by atoms with Crippen molar-refractivity contribution in [2.24, 2.45) is 0 Å². The highest BCUT2D eigenvalue weighted by atomic mass is 19.1. The van der Waals surface area contributed by atoms with Crippen LogP contribution in [0, 0.1) is 5.82 Å². The average molecular weight is 650 g/mol. The third-order valence-corrected chi connectivity index (χ3v) is 9.04. The van der Waals surface area contributed by atoms with E-state index in [0.29, 0.717) is 34.5 Å². The predicted octanol–water partition coefficient (Wildman–Crippen LogP) is 6.79. The topological polar surface area (TPSA) is 125 Å². The van der Waals surface area contributed by atoms with Gasteiger partial charge in [-0.15, -0.1) is 0 Å². The monoisotopic (exact) mass is 649 g/mol. The molecule has 48 heavy (non-hydrogen) atoms. The van der Waals surface area contributed by atoms with E-state index in [9.17, 15) is 5.11 Å². The summed E-state index contributed by atoms with van der Waals surface area (Å²) in [5.41, 5.74) is 6.34. The molecule has 1 aliphatic heterocycles. The average Bonchev–Trinajstić information content (AvgIpc) is 3.95. The van der Waals surface area contributed by atoms with E-state index in [4.69, 9.17) is 9.47 Å². The third-order valence-electron chi connectivity index (χ3n) is 9.04. The lowest BCUT2D eigenvalue weighted by Gasteiger charge is -2.16. The molecule has 0 amide bonds. The molecule has 0 spiro atoms. The number of nitrogens with one attached hydrogen (secondary N) is 4. The van der Waals surface area contributed by atoms with Crippen LogP contribution in [-0.2, 0) is 13.3 Å². The van der Waals surface area contributed by atoms with Gasteiger partial charge in [-0.3, -0.25) is 0 Å². The molecule has 6 aromatic rings. The van der Waals surface area contributed by atoms with Crippen LogP contribution in [-0.4, -0.2) is 56.9 Å². The fourth-order valence-electron chi connectivity index (χ4n) is 6.57. The normalized spacial score (nSPS) is 14.6. The van der Waals surface area contributed by atoms with Crippen LogP contribution < -0.4 is 20.1 Å². The number of benzene rings is 3. The molecule has 1 aliphatic rings. The summed E-state index contributed by atoms with van der Waals surface area (Å²) in [7, 11) is 3.20. The first-order valence-electron chi connectivity index (χ1n) is 16.3. The number of hydrogen-bond acceptors (Lipinski definition) is 7. The van der Waals surface area contributed by atoms with Crippen molar-refractivity contribution in [3.63, 3.8) is 0 Å². The summed E-state index contributed by atoms with van der Waals surface area (Å²) in [5, 5.41) is 17.9. The summed E-state index contributed by atoms with van der Waals surface area (Å²) in [4.78, 5) is 16.0. The van der Waals surface area contributed by atoms with Crippen molar-refractivity contribution >= 4 is 10.9 Å². The maximum absolute atomic E-state index is 16.8. The SMILES string of the molecule is CCCNCc1ncc(-c2ccc3c(c2)c(F)c(-c2ccc(-c4cnc(C5CCCN5)[nH]4)cc2-c2cc(OC)cc(OC)c2)n3CO)[nH]1. The second-order valence-corrected chi connectivity index (χ2v) is 12.1. The number of aliphatic hydroxyl groups excluding tert-OH is 1. The minimum absolute atomic E-state index is 0.199. The Morgan fingerprint density at radius 3 is 2.40 bits per heavy atom. The van der Waals surface area contributed by atoms with E-state index in [-0.39, 0.29) is 11.7 Å². The van der Waals surface area contributed by atoms with Crippen molar-refractivity contribution in [3.8, 4) is 56.4 Å². The van der Waals surface area contributed by atoms with Gasteiger partial charge in [0.05, 0.1) is 61.8 Å². The lowest BCUT2D eigenvalue weighted by Crippen LogP contribution is -2.14. The summed E-state index contributed by atoms with van der Waals surface area (Å²) < 4.78 is 29.6. The highest BCUT2D eigenvalue weighted by molar-refractivity contribution is 5.95. The first-order valence-corrected chi connectivity index (χ1v) is 16.3. The van der Waals surface area contributed by atoms with Gasteiger partial charge in [-0.1, -0.05) is 25.1 Å². The van der Waals surface area contributed by atoms with Gasteiger partial charge in [-0.05, 0) is 73.8 Å². The standard InChI is InChI=1S/C37H40FN7O3/c1-4-11-39-20-34-41-18-31(43-34)23-8-10-33-29(16-23)35(38)36(45(33)21-46)27-9-7-22(32-19-42-37(44-32)30-6-5-12-40-30)15-28(27)24-13-25(47-2)17-26(14-24)48-3/h7-10,13-19,30,39-40,46H,4-6,11-12,20-21H2,1-3H3,(H,41,43)(H,42,44). The van der Waals surface area contributed by atoms with E-state index >= 15 is 4.39 Å². The molecule has 1 atom stereocenters. The van der Waals surface area contributed by atoms with Gasteiger partial charge in [0.1, 0.15) is 29.9 Å². The molecule has 11 heteroatoms. The highest BCUT2D eigenvalue weighted by Crippen LogP contribution is 2.42. The Kier molecular flexibility index (Phi) is 8.98. The highest BCUT2D eigenvalue weighted by Gasteiger charge is 2.24. The summed E-state index contributed by atoms with van der Waals surface area (Å²) in [6.45, 7) is 4.21. The number of rotatable bonds is 12. The number of methoxy groups -OCH3 is 2. The molecule has 0 aliphatic carbocycles. The van der Waals surface area contributed by atoms with Crippen LogP contribution in [0.15, 0.2) is 67.0 Å². The molecular weight excluding hydrogens is 609 g/mol. The number of imidazole rings is 2. The molecule has 7 rings (SSSR count). The van der Waals surface area contributed by atoms with Gasteiger partial charge in [0.15, 0.2) is 5.82 Å². The fraction of sp³-hybridized carbons (Fsp3) is 0.297. The summed E-state index contributed by atoms with van der Waals surface area (Å²) in [6, 6.07) is 17.3. The number of halogens is 1. The Balaban J connectivity index is 1.36. The predicted molar refractivity (Wildman–Crippen MR) is 185 cm³/mol. The Bertz CT molecular complexity index is 2040. The van der Waals surface area contributed by atoms with Gasteiger partial charge in [0.25, 0.3) is 0 Å². The molecule has 0 saturated carbocycles.